The number of halogens is 1. The van der Waals surface area contributed by atoms with Crippen LogP contribution in [0.2, 0.25) is 0 Å². The average molecular weight is 510 g/mol. The number of hydrogen-bond donors (Lipinski definition) is 1. The lowest BCUT2D eigenvalue weighted by Crippen LogP contribution is -2.23. The molecule has 1 N–H and O–H groups in total. The Morgan fingerprint density at radius 3 is 2.62 bits per heavy atom. The van der Waals surface area contributed by atoms with Crippen LogP contribution < -0.4 is 15.6 Å². The molecule has 32 heavy (non-hydrogen) atoms. The Kier molecular flexibility index (Phi) is 6.62. The van der Waals surface area contributed by atoms with Crippen LogP contribution in [0, 0.1) is 6.92 Å². The van der Waals surface area contributed by atoms with Crippen LogP contribution in [0.1, 0.15) is 5.56 Å². The van der Waals surface area contributed by atoms with Gasteiger partial charge >= 0.3 is 0 Å². The standard InChI is InChI=1S/C24H20BrN3O3S/c1-15-7-12-21(31-2)20(13-15)26-22(29)14-32-24-27-19-6-4-3-5-18(19)23(30)28(24)17-10-8-16(25)9-11-17/h3-13H,14H2,1-2H3,(H,26,29). The van der Waals surface area contributed by atoms with Crippen molar-refractivity contribution in [2.75, 3.05) is 18.2 Å². The lowest BCUT2D eigenvalue weighted by Gasteiger charge is -2.14. The van der Waals surface area contributed by atoms with E-state index in [9.17, 15) is 9.59 Å². The summed E-state index contributed by atoms with van der Waals surface area (Å²) in [5.41, 5.74) is 2.71. The highest BCUT2D eigenvalue weighted by molar-refractivity contribution is 9.10. The van der Waals surface area contributed by atoms with Crippen LogP contribution in [0.15, 0.2) is 81.2 Å². The fourth-order valence-corrected chi connectivity index (χ4v) is 4.34. The number of nitrogens with zero attached hydrogens (tertiary/aromatic N) is 2. The largest absolute Gasteiger partial charge is 0.495 e. The first-order valence-corrected chi connectivity index (χ1v) is 11.6. The summed E-state index contributed by atoms with van der Waals surface area (Å²) in [6.45, 7) is 1.94. The predicted molar refractivity (Wildman–Crippen MR) is 132 cm³/mol. The number of rotatable bonds is 6. The molecule has 0 saturated heterocycles. The van der Waals surface area contributed by atoms with Crippen molar-refractivity contribution in [1.29, 1.82) is 0 Å². The molecule has 0 atom stereocenters. The molecule has 0 radical (unpaired) electrons. The molecule has 0 bridgehead atoms. The molecule has 0 unspecified atom stereocenters. The van der Waals surface area contributed by atoms with Gasteiger partial charge in [0.15, 0.2) is 5.16 Å². The monoisotopic (exact) mass is 509 g/mol. The van der Waals surface area contributed by atoms with Gasteiger partial charge in [-0.05, 0) is 61.0 Å². The normalized spacial score (nSPS) is 10.8. The lowest BCUT2D eigenvalue weighted by molar-refractivity contribution is -0.113. The molecular weight excluding hydrogens is 490 g/mol. The van der Waals surface area contributed by atoms with Gasteiger partial charge in [-0.15, -0.1) is 0 Å². The molecule has 162 valence electrons. The van der Waals surface area contributed by atoms with Gasteiger partial charge in [0.2, 0.25) is 5.91 Å². The second kappa shape index (κ2) is 9.58. The second-order valence-corrected chi connectivity index (χ2v) is 8.93. The number of aryl methyl sites for hydroxylation is 1. The summed E-state index contributed by atoms with van der Waals surface area (Å²) in [7, 11) is 1.56. The summed E-state index contributed by atoms with van der Waals surface area (Å²) in [6.07, 6.45) is 0. The molecule has 0 aliphatic heterocycles. The lowest BCUT2D eigenvalue weighted by atomic mass is 10.2. The predicted octanol–water partition coefficient (Wildman–Crippen LogP) is 5.20. The SMILES string of the molecule is COc1ccc(C)cc1NC(=O)CSc1nc2ccccc2c(=O)n1-c1ccc(Br)cc1. The van der Waals surface area contributed by atoms with Gasteiger partial charge in [0.25, 0.3) is 5.56 Å². The van der Waals surface area contributed by atoms with Gasteiger partial charge in [-0.1, -0.05) is 45.9 Å². The van der Waals surface area contributed by atoms with E-state index in [1.807, 2.05) is 61.5 Å². The maximum atomic E-state index is 13.3. The van der Waals surface area contributed by atoms with E-state index >= 15 is 0 Å². The zero-order valence-corrected chi connectivity index (χ0v) is 19.9. The van der Waals surface area contributed by atoms with E-state index in [1.165, 1.54) is 11.8 Å². The maximum absolute atomic E-state index is 13.3. The van der Waals surface area contributed by atoms with Crippen LogP contribution in [0.3, 0.4) is 0 Å². The average Bonchev–Trinajstić information content (AvgIpc) is 2.79. The molecule has 0 spiro atoms. The summed E-state index contributed by atoms with van der Waals surface area (Å²) in [4.78, 5) is 30.6. The van der Waals surface area contributed by atoms with Crippen molar-refractivity contribution >= 4 is 50.2 Å². The number of aromatic nitrogens is 2. The third kappa shape index (κ3) is 4.71. The van der Waals surface area contributed by atoms with E-state index in [1.54, 1.807) is 23.8 Å². The zero-order valence-electron chi connectivity index (χ0n) is 17.5. The number of carbonyl (C=O) groups is 1. The topological polar surface area (TPSA) is 73.2 Å². The minimum absolute atomic E-state index is 0.0818. The number of para-hydroxylation sites is 1. The van der Waals surface area contributed by atoms with Crippen LogP contribution in [-0.2, 0) is 4.79 Å². The Bertz CT molecular complexity index is 1350. The van der Waals surface area contributed by atoms with Crippen LogP contribution in [0.5, 0.6) is 5.75 Å². The summed E-state index contributed by atoms with van der Waals surface area (Å²) in [6, 6.07) is 20.2. The number of methoxy groups -OCH3 is 1. The molecule has 4 aromatic rings. The van der Waals surface area contributed by atoms with Gasteiger partial charge in [-0.3, -0.25) is 14.2 Å². The van der Waals surface area contributed by atoms with Gasteiger partial charge < -0.3 is 10.1 Å². The fraction of sp³-hybridized carbons (Fsp3) is 0.125. The van der Waals surface area contributed by atoms with Gasteiger partial charge in [0.05, 0.1) is 35.1 Å². The van der Waals surface area contributed by atoms with Crippen molar-refractivity contribution in [3.63, 3.8) is 0 Å². The Morgan fingerprint density at radius 1 is 1.12 bits per heavy atom. The maximum Gasteiger partial charge on any atom is 0.266 e. The third-order valence-electron chi connectivity index (χ3n) is 4.79. The van der Waals surface area contributed by atoms with Gasteiger partial charge in [0.1, 0.15) is 5.75 Å². The molecule has 0 fully saturated rings. The Hall–Kier alpha value is -3.10. The number of anilines is 1. The molecule has 4 rings (SSSR count). The molecule has 1 heterocycles. The molecule has 6 nitrogen and oxygen atoms in total. The van der Waals surface area contributed by atoms with E-state index in [2.05, 4.69) is 26.2 Å². The molecule has 0 aliphatic rings. The minimum atomic E-state index is -0.219. The molecule has 8 heteroatoms. The van der Waals surface area contributed by atoms with Crippen molar-refractivity contribution < 1.29 is 9.53 Å². The zero-order chi connectivity index (χ0) is 22.7. The van der Waals surface area contributed by atoms with Gasteiger partial charge in [-0.2, -0.15) is 0 Å². The van der Waals surface area contributed by atoms with E-state index in [0.29, 0.717) is 33.2 Å². The number of fused-ring (bicyclic) bond motifs is 1. The van der Waals surface area contributed by atoms with Gasteiger partial charge in [-0.25, -0.2) is 4.98 Å². The number of amides is 1. The molecule has 0 aliphatic carbocycles. The Labute approximate surface area is 197 Å². The quantitative estimate of drug-likeness (QED) is 0.285. The van der Waals surface area contributed by atoms with Crippen molar-refractivity contribution in [3.05, 3.63) is 87.1 Å². The highest BCUT2D eigenvalue weighted by Gasteiger charge is 2.15. The highest BCUT2D eigenvalue weighted by atomic mass is 79.9. The van der Waals surface area contributed by atoms with Crippen molar-refractivity contribution in [2.45, 2.75) is 12.1 Å². The van der Waals surface area contributed by atoms with E-state index in [-0.39, 0.29) is 17.2 Å². The number of thioether (sulfide) groups is 1. The Morgan fingerprint density at radius 2 is 1.88 bits per heavy atom. The summed E-state index contributed by atoms with van der Waals surface area (Å²) in [5, 5.41) is 3.85. The molecule has 1 aromatic heterocycles. The van der Waals surface area contributed by atoms with E-state index in [0.717, 1.165) is 10.0 Å². The number of carbonyl (C=O) groups excluding carboxylic acids is 1. The number of nitrogens with one attached hydrogen (secondary N) is 1. The third-order valence-corrected chi connectivity index (χ3v) is 6.26. The van der Waals surface area contributed by atoms with Crippen LogP contribution in [0.4, 0.5) is 5.69 Å². The first-order chi connectivity index (χ1) is 15.5. The summed E-state index contributed by atoms with van der Waals surface area (Å²) >= 11 is 4.63. The first kappa shape index (κ1) is 22.1. The minimum Gasteiger partial charge on any atom is -0.495 e. The molecule has 3 aromatic carbocycles. The van der Waals surface area contributed by atoms with Crippen molar-refractivity contribution in [2.24, 2.45) is 0 Å². The van der Waals surface area contributed by atoms with Crippen LogP contribution in [-0.4, -0.2) is 28.3 Å². The number of benzene rings is 3. The smallest absolute Gasteiger partial charge is 0.266 e. The molecular formula is C24H20BrN3O3S. The number of hydrogen-bond acceptors (Lipinski definition) is 5. The number of ether oxygens (including phenoxy) is 1. The van der Waals surface area contributed by atoms with Crippen molar-refractivity contribution in [3.8, 4) is 11.4 Å². The first-order valence-electron chi connectivity index (χ1n) is 9.81. The van der Waals surface area contributed by atoms with Crippen molar-refractivity contribution in [1.82, 2.24) is 9.55 Å². The fourth-order valence-electron chi connectivity index (χ4n) is 3.26. The van der Waals surface area contributed by atoms with E-state index in [4.69, 9.17) is 4.74 Å². The Balaban J connectivity index is 1.66. The van der Waals surface area contributed by atoms with Gasteiger partial charge in [0, 0.05) is 4.47 Å². The molecule has 1 amide bonds. The second-order valence-electron chi connectivity index (χ2n) is 7.07. The molecule has 0 saturated carbocycles. The van der Waals surface area contributed by atoms with E-state index < -0.39 is 0 Å². The van der Waals surface area contributed by atoms with Crippen LogP contribution >= 0.6 is 27.7 Å². The van der Waals surface area contributed by atoms with Crippen LogP contribution in [0.25, 0.3) is 16.6 Å². The summed E-state index contributed by atoms with van der Waals surface area (Å²) < 4.78 is 7.78. The summed E-state index contributed by atoms with van der Waals surface area (Å²) in [5.74, 6) is 0.450. The highest BCUT2D eigenvalue weighted by Crippen LogP contribution is 2.26.